The van der Waals surface area contributed by atoms with Gasteiger partial charge in [-0.2, -0.15) is 0 Å². The number of aromatic nitrogens is 2. The van der Waals surface area contributed by atoms with Crippen LogP contribution in [0.15, 0.2) is 56.2 Å². The Hall–Kier alpha value is -2.36. The van der Waals surface area contributed by atoms with Crippen molar-refractivity contribution in [1.82, 2.24) is 9.55 Å². The molecule has 0 atom stereocenters. The fourth-order valence-corrected chi connectivity index (χ4v) is 1.74. The Kier molecular flexibility index (Phi) is 4.13. The first-order valence-electron chi connectivity index (χ1n) is 5.88. The first-order valence-corrected chi connectivity index (χ1v) is 5.88. The molecule has 1 heterocycles. The van der Waals surface area contributed by atoms with Crippen molar-refractivity contribution >= 4 is 5.57 Å². The Morgan fingerprint density at radius 1 is 1.47 bits per heavy atom. The molecule has 0 saturated carbocycles. The Balaban J connectivity index is 2.23. The van der Waals surface area contributed by atoms with E-state index in [4.69, 9.17) is 4.74 Å². The molecule has 2 aromatic rings. The van der Waals surface area contributed by atoms with Crippen LogP contribution in [-0.4, -0.2) is 16.2 Å². The predicted molar refractivity (Wildman–Crippen MR) is 73.4 cm³/mol. The van der Waals surface area contributed by atoms with Crippen LogP contribution in [0.4, 0.5) is 4.39 Å². The fourth-order valence-electron chi connectivity index (χ4n) is 1.74. The molecular formula is C15H15FN2O. The van der Waals surface area contributed by atoms with Crippen LogP contribution in [0.1, 0.15) is 5.56 Å². The number of halogens is 1. The molecule has 98 valence electrons. The molecule has 0 aliphatic heterocycles. The van der Waals surface area contributed by atoms with Crippen LogP contribution in [0.2, 0.25) is 0 Å². The highest BCUT2D eigenvalue weighted by molar-refractivity contribution is 5.68. The second-order valence-corrected chi connectivity index (χ2v) is 4.08. The molecule has 0 aliphatic carbocycles. The molecule has 1 aromatic carbocycles. The molecule has 0 fully saturated rings. The molecule has 0 N–H and O–H groups in total. The van der Waals surface area contributed by atoms with E-state index in [1.54, 1.807) is 24.7 Å². The minimum absolute atomic E-state index is 0.312. The molecule has 0 spiro atoms. The minimum Gasteiger partial charge on any atom is -0.489 e. The standard InChI is InChI=1S/C15H15FN2O/c1-3-8-19-15-5-4-13(16)9-14(15)12(2)10-18-7-6-17-11-18/h3-7,9,11H,1-2,8,10H2. The summed E-state index contributed by atoms with van der Waals surface area (Å²) >= 11 is 0. The number of hydrogen-bond donors (Lipinski definition) is 0. The van der Waals surface area contributed by atoms with Gasteiger partial charge in [-0.15, -0.1) is 0 Å². The average molecular weight is 258 g/mol. The van der Waals surface area contributed by atoms with Gasteiger partial charge in [0.25, 0.3) is 0 Å². The molecule has 0 radical (unpaired) electrons. The normalized spacial score (nSPS) is 10.2. The second-order valence-electron chi connectivity index (χ2n) is 4.08. The van der Waals surface area contributed by atoms with Gasteiger partial charge in [-0.3, -0.25) is 0 Å². The second kappa shape index (κ2) is 6.00. The molecule has 0 bridgehead atoms. The summed E-state index contributed by atoms with van der Waals surface area (Å²) in [5, 5.41) is 0. The summed E-state index contributed by atoms with van der Waals surface area (Å²) in [6, 6.07) is 4.40. The van der Waals surface area contributed by atoms with Gasteiger partial charge < -0.3 is 9.30 Å². The summed E-state index contributed by atoms with van der Waals surface area (Å²) in [4.78, 5) is 3.96. The number of allylic oxidation sites excluding steroid dienone is 1. The van der Waals surface area contributed by atoms with Gasteiger partial charge >= 0.3 is 0 Å². The first-order chi connectivity index (χ1) is 9.20. The highest BCUT2D eigenvalue weighted by atomic mass is 19.1. The third kappa shape index (κ3) is 3.31. The summed E-state index contributed by atoms with van der Waals surface area (Å²) in [5.74, 6) is 0.291. The van der Waals surface area contributed by atoms with Crippen LogP contribution in [0.3, 0.4) is 0 Å². The van der Waals surface area contributed by atoms with Crippen LogP contribution in [-0.2, 0) is 6.54 Å². The van der Waals surface area contributed by atoms with Gasteiger partial charge in [-0.1, -0.05) is 19.2 Å². The average Bonchev–Trinajstić information content (AvgIpc) is 2.90. The minimum atomic E-state index is -0.312. The lowest BCUT2D eigenvalue weighted by molar-refractivity contribution is 0.361. The van der Waals surface area contributed by atoms with Gasteiger partial charge in [0.15, 0.2) is 0 Å². The van der Waals surface area contributed by atoms with E-state index in [1.165, 1.54) is 12.1 Å². The molecule has 0 saturated heterocycles. The summed E-state index contributed by atoms with van der Waals surface area (Å²) in [7, 11) is 0. The van der Waals surface area contributed by atoms with E-state index >= 15 is 0 Å². The van der Waals surface area contributed by atoms with E-state index in [-0.39, 0.29) is 5.82 Å². The Labute approximate surface area is 111 Å². The zero-order valence-electron chi connectivity index (χ0n) is 10.6. The molecule has 2 rings (SSSR count). The number of rotatable bonds is 6. The van der Waals surface area contributed by atoms with Crippen molar-refractivity contribution in [2.45, 2.75) is 6.54 Å². The molecule has 0 aliphatic rings. The van der Waals surface area contributed by atoms with E-state index in [9.17, 15) is 4.39 Å². The molecule has 1 aromatic heterocycles. The highest BCUT2D eigenvalue weighted by Crippen LogP contribution is 2.27. The quantitative estimate of drug-likeness (QED) is 0.743. The van der Waals surface area contributed by atoms with Crippen molar-refractivity contribution in [3.05, 3.63) is 67.5 Å². The summed E-state index contributed by atoms with van der Waals surface area (Å²) < 4.78 is 20.7. The predicted octanol–water partition coefficient (Wildman–Crippen LogP) is 3.30. The first kappa shape index (κ1) is 13.1. The van der Waals surface area contributed by atoms with Crippen molar-refractivity contribution in [2.75, 3.05) is 6.61 Å². The van der Waals surface area contributed by atoms with Crippen LogP contribution in [0.5, 0.6) is 5.75 Å². The number of imidazole rings is 1. The monoisotopic (exact) mass is 258 g/mol. The number of hydrogen-bond acceptors (Lipinski definition) is 2. The fraction of sp³-hybridized carbons (Fsp3) is 0.133. The van der Waals surface area contributed by atoms with Gasteiger partial charge in [0.1, 0.15) is 18.2 Å². The molecule has 4 heteroatoms. The molecule has 3 nitrogen and oxygen atoms in total. The van der Waals surface area contributed by atoms with E-state index in [0.29, 0.717) is 24.5 Å². The lowest BCUT2D eigenvalue weighted by atomic mass is 10.1. The smallest absolute Gasteiger partial charge is 0.127 e. The van der Waals surface area contributed by atoms with Crippen molar-refractivity contribution in [2.24, 2.45) is 0 Å². The van der Waals surface area contributed by atoms with Gasteiger partial charge in [0.05, 0.1) is 6.33 Å². The number of benzene rings is 1. The van der Waals surface area contributed by atoms with Crippen LogP contribution < -0.4 is 4.74 Å². The maximum atomic E-state index is 13.4. The van der Waals surface area contributed by atoms with Crippen molar-refractivity contribution < 1.29 is 9.13 Å². The van der Waals surface area contributed by atoms with Gasteiger partial charge in [-0.05, 0) is 23.8 Å². The van der Waals surface area contributed by atoms with E-state index < -0.39 is 0 Å². The zero-order valence-corrected chi connectivity index (χ0v) is 10.6. The third-order valence-electron chi connectivity index (χ3n) is 2.61. The zero-order chi connectivity index (χ0) is 13.7. The lowest BCUT2D eigenvalue weighted by Gasteiger charge is -2.13. The largest absolute Gasteiger partial charge is 0.489 e. The SMILES string of the molecule is C=CCOc1ccc(F)cc1C(=C)Cn1ccnc1. The van der Waals surface area contributed by atoms with Gasteiger partial charge in [0.2, 0.25) is 0 Å². The summed E-state index contributed by atoms with van der Waals surface area (Å²) in [6.45, 7) is 8.49. The Morgan fingerprint density at radius 3 is 3.00 bits per heavy atom. The number of ether oxygens (including phenoxy) is 1. The van der Waals surface area contributed by atoms with Crippen LogP contribution in [0, 0.1) is 5.82 Å². The van der Waals surface area contributed by atoms with E-state index in [2.05, 4.69) is 18.1 Å². The Morgan fingerprint density at radius 2 is 2.32 bits per heavy atom. The van der Waals surface area contributed by atoms with E-state index in [1.807, 2.05) is 10.8 Å². The highest BCUT2D eigenvalue weighted by Gasteiger charge is 2.09. The Bertz CT molecular complexity index is 576. The molecule has 0 amide bonds. The van der Waals surface area contributed by atoms with Crippen LogP contribution >= 0.6 is 0 Å². The molecule has 19 heavy (non-hydrogen) atoms. The van der Waals surface area contributed by atoms with Crippen molar-refractivity contribution in [3.63, 3.8) is 0 Å². The van der Waals surface area contributed by atoms with Crippen molar-refractivity contribution in [1.29, 1.82) is 0 Å². The topological polar surface area (TPSA) is 27.1 Å². The van der Waals surface area contributed by atoms with Crippen molar-refractivity contribution in [3.8, 4) is 5.75 Å². The summed E-state index contributed by atoms with van der Waals surface area (Å²) in [5.41, 5.74) is 1.42. The van der Waals surface area contributed by atoms with Gasteiger partial charge in [-0.25, -0.2) is 9.37 Å². The summed E-state index contributed by atoms with van der Waals surface area (Å²) in [6.07, 6.45) is 6.85. The van der Waals surface area contributed by atoms with Gasteiger partial charge in [0, 0.05) is 24.5 Å². The third-order valence-corrected chi connectivity index (χ3v) is 2.61. The lowest BCUT2D eigenvalue weighted by Crippen LogP contribution is -2.02. The molecular weight excluding hydrogens is 243 g/mol. The van der Waals surface area contributed by atoms with Crippen LogP contribution in [0.25, 0.3) is 5.57 Å². The maximum Gasteiger partial charge on any atom is 0.127 e. The maximum absolute atomic E-state index is 13.4. The number of nitrogens with zero attached hydrogens (tertiary/aromatic N) is 2. The van der Waals surface area contributed by atoms with E-state index in [0.717, 1.165) is 5.57 Å². The molecule has 0 unspecified atom stereocenters.